The van der Waals surface area contributed by atoms with E-state index in [4.69, 9.17) is 10.2 Å². The molecule has 0 aromatic heterocycles. The molecule has 35 heavy (non-hydrogen) atoms. The second-order valence-electron chi connectivity index (χ2n) is 11.4. The van der Waals surface area contributed by atoms with Crippen molar-refractivity contribution < 1.29 is 18.0 Å². The SMILES string of the molecule is CC1NOC(C)C1C1NCC2C(N1)N(CC1CCC(C3NC(C(F)(F)F)CN3C)CC1)C(=N)N2C. The van der Waals surface area contributed by atoms with Gasteiger partial charge in [0.15, 0.2) is 5.96 Å². The quantitative estimate of drug-likeness (QED) is 0.388. The largest absolute Gasteiger partial charge is 0.405 e. The average molecular weight is 503 g/mol. The maximum atomic E-state index is 13.2. The first-order valence-corrected chi connectivity index (χ1v) is 13.1. The van der Waals surface area contributed by atoms with Gasteiger partial charge in [0.2, 0.25) is 0 Å². The van der Waals surface area contributed by atoms with Gasteiger partial charge >= 0.3 is 6.18 Å². The van der Waals surface area contributed by atoms with E-state index in [-0.39, 0.29) is 55.1 Å². The van der Waals surface area contributed by atoms with Gasteiger partial charge in [0, 0.05) is 38.6 Å². The molecular weight excluding hydrogens is 461 g/mol. The van der Waals surface area contributed by atoms with Gasteiger partial charge in [-0.05, 0) is 58.4 Å². The molecule has 4 heterocycles. The number of halogens is 3. The van der Waals surface area contributed by atoms with E-state index in [1.807, 2.05) is 11.9 Å². The van der Waals surface area contributed by atoms with Gasteiger partial charge in [-0.3, -0.25) is 31.1 Å². The van der Waals surface area contributed by atoms with Crippen LogP contribution in [0.4, 0.5) is 13.2 Å². The molecule has 0 bridgehead atoms. The summed E-state index contributed by atoms with van der Waals surface area (Å²) in [5.41, 5.74) is 3.09. The zero-order valence-corrected chi connectivity index (χ0v) is 21.1. The standard InChI is InChI=1S/C23H41F3N8O/c1-12-18(13(2)35-31-12)19-28-9-16-21(30-19)34(22(27)33(16)4)10-14-5-7-15(8-6-14)20-29-17(11-32(20)3)23(24,25)26/h12-21,27-31H,5-11H2,1-4H3. The molecule has 5 aliphatic rings. The van der Waals surface area contributed by atoms with E-state index in [1.54, 1.807) is 7.05 Å². The second kappa shape index (κ2) is 9.60. The van der Waals surface area contributed by atoms with Gasteiger partial charge in [0.05, 0.1) is 24.5 Å². The third-order valence-electron chi connectivity index (χ3n) is 9.15. The second-order valence-corrected chi connectivity index (χ2v) is 11.4. The molecule has 0 amide bonds. The molecule has 1 aliphatic carbocycles. The number of alkyl halides is 3. The minimum atomic E-state index is -4.20. The van der Waals surface area contributed by atoms with Crippen LogP contribution >= 0.6 is 0 Å². The lowest BCUT2D eigenvalue weighted by atomic mass is 9.80. The Morgan fingerprint density at radius 2 is 1.77 bits per heavy atom. The molecule has 8 unspecified atom stereocenters. The van der Waals surface area contributed by atoms with Crippen molar-refractivity contribution in [2.24, 2.45) is 17.8 Å². The number of fused-ring (bicyclic) bond motifs is 1. The van der Waals surface area contributed by atoms with Gasteiger partial charge in [-0.25, -0.2) is 0 Å². The third kappa shape index (κ3) is 4.77. The Morgan fingerprint density at radius 3 is 2.37 bits per heavy atom. The Hall–Kier alpha value is -1.18. The topological polar surface area (TPSA) is 90.9 Å². The van der Waals surface area contributed by atoms with Crippen LogP contribution in [0.1, 0.15) is 39.5 Å². The number of hydrogen-bond donors (Lipinski definition) is 5. The first-order chi connectivity index (χ1) is 16.5. The number of likely N-dealkylation sites (N-methyl/N-ethyl adjacent to an activating group) is 2. The molecule has 4 aliphatic heterocycles. The number of guanidine groups is 1. The average Bonchev–Trinajstić information content (AvgIpc) is 3.44. The van der Waals surface area contributed by atoms with E-state index in [0.29, 0.717) is 11.9 Å². The zero-order valence-electron chi connectivity index (χ0n) is 21.1. The fourth-order valence-corrected chi connectivity index (χ4v) is 7.08. The van der Waals surface area contributed by atoms with Crippen LogP contribution in [0.25, 0.3) is 0 Å². The van der Waals surface area contributed by atoms with Crippen LogP contribution in [0.2, 0.25) is 0 Å². The fourth-order valence-electron chi connectivity index (χ4n) is 7.08. The van der Waals surface area contributed by atoms with E-state index < -0.39 is 12.2 Å². The molecule has 0 aromatic rings. The van der Waals surface area contributed by atoms with Crippen LogP contribution < -0.4 is 21.4 Å². The van der Waals surface area contributed by atoms with Crippen LogP contribution in [0, 0.1) is 23.2 Å². The summed E-state index contributed by atoms with van der Waals surface area (Å²) < 4.78 is 39.6. The molecule has 5 fully saturated rings. The molecule has 200 valence electrons. The first kappa shape index (κ1) is 25.5. The van der Waals surface area contributed by atoms with Gasteiger partial charge in [-0.15, -0.1) is 0 Å². The predicted molar refractivity (Wildman–Crippen MR) is 126 cm³/mol. The molecule has 0 radical (unpaired) electrons. The smallest absolute Gasteiger partial charge is 0.338 e. The first-order valence-electron chi connectivity index (χ1n) is 13.1. The highest BCUT2D eigenvalue weighted by Crippen LogP contribution is 2.37. The summed E-state index contributed by atoms with van der Waals surface area (Å²) in [7, 11) is 3.79. The van der Waals surface area contributed by atoms with Crippen molar-refractivity contribution in [3.8, 4) is 0 Å². The molecule has 1 saturated carbocycles. The normalized spacial score (nSPS) is 45.4. The number of hydrogen-bond acceptors (Lipinski definition) is 7. The van der Waals surface area contributed by atoms with Crippen molar-refractivity contribution in [2.45, 2.75) is 88.4 Å². The maximum Gasteiger partial charge on any atom is 0.405 e. The number of rotatable bonds is 4. The molecule has 0 aromatic carbocycles. The highest BCUT2D eigenvalue weighted by molar-refractivity contribution is 5.80. The van der Waals surface area contributed by atoms with Crippen LogP contribution in [0.15, 0.2) is 0 Å². The van der Waals surface area contributed by atoms with Crippen molar-refractivity contribution in [3.05, 3.63) is 0 Å². The van der Waals surface area contributed by atoms with Crippen molar-refractivity contribution >= 4 is 5.96 Å². The van der Waals surface area contributed by atoms with E-state index in [1.165, 1.54) is 0 Å². The van der Waals surface area contributed by atoms with Gasteiger partial charge in [-0.1, -0.05) is 0 Å². The van der Waals surface area contributed by atoms with Gasteiger partial charge in [0.25, 0.3) is 0 Å². The van der Waals surface area contributed by atoms with E-state index in [2.05, 4.69) is 45.1 Å². The molecule has 0 spiro atoms. The van der Waals surface area contributed by atoms with Crippen molar-refractivity contribution in [2.75, 3.05) is 33.7 Å². The number of hydroxylamine groups is 1. The Bertz CT molecular complexity index is 768. The van der Waals surface area contributed by atoms with E-state index in [9.17, 15) is 13.2 Å². The molecule has 8 atom stereocenters. The Kier molecular flexibility index (Phi) is 6.99. The lowest BCUT2D eigenvalue weighted by Gasteiger charge is -2.43. The predicted octanol–water partition coefficient (Wildman–Crippen LogP) is 0.909. The molecule has 12 heteroatoms. The summed E-state index contributed by atoms with van der Waals surface area (Å²) in [4.78, 5) is 11.7. The monoisotopic (exact) mass is 502 g/mol. The third-order valence-corrected chi connectivity index (χ3v) is 9.15. The molecule has 9 nitrogen and oxygen atoms in total. The van der Waals surface area contributed by atoms with Gasteiger partial charge < -0.3 is 9.80 Å². The van der Waals surface area contributed by atoms with Crippen LogP contribution in [-0.2, 0) is 4.84 Å². The van der Waals surface area contributed by atoms with Gasteiger partial charge in [-0.2, -0.15) is 18.7 Å². The maximum absolute atomic E-state index is 13.2. The fraction of sp³-hybridized carbons (Fsp3) is 0.957. The zero-order chi connectivity index (χ0) is 25.1. The van der Waals surface area contributed by atoms with Crippen LogP contribution in [0.3, 0.4) is 0 Å². The molecular formula is C23H41F3N8O. The van der Waals surface area contributed by atoms with Crippen LogP contribution in [0.5, 0.6) is 0 Å². The minimum absolute atomic E-state index is 0.0219. The highest BCUT2D eigenvalue weighted by atomic mass is 19.4. The van der Waals surface area contributed by atoms with Crippen molar-refractivity contribution in [1.82, 2.24) is 36.1 Å². The number of nitrogens with one attached hydrogen (secondary N) is 5. The summed E-state index contributed by atoms with van der Waals surface area (Å²) in [5, 5.41) is 19.1. The summed E-state index contributed by atoms with van der Waals surface area (Å²) in [6.07, 6.45) is -0.363. The minimum Gasteiger partial charge on any atom is -0.338 e. The van der Waals surface area contributed by atoms with Crippen LogP contribution in [-0.4, -0.2) is 103 Å². The summed E-state index contributed by atoms with van der Waals surface area (Å²) in [6.45, 7) is 5.86. The van der Waals surface area contributed by atoms with Gasteiger partial charge in [0.1, 0.15) is 12.2 Å². The summed E-state index contributed by atoms with van der Waals surface area (Å²) in [6, 6.07) is -1.02. The summed E-state index contributed by atoms with van der Waals surface area (Å²) >= 11 is 0. The lowest BCUT2D eigenvalue weighted by Crippen LogP contribution is -2.68. The molecule has 5 N–H and O–H groups in total. The van der Waals surface area contributed by atoms with E-state index in [0.717, 1.165) is 38.8 Å². The van der Waals surface area contributed by atoms with Crippen molar-refractivity contribution in [1.29, 1.82) is 5.41 Å². The number of nitrogens with zero attached hydrogens (tertiary/aromatic N) is 3. The Morgan fingerprint density at radius 1 is 1.06 bits per heavy atom. The molecule has 4 saturated heterocycles. The van der Waals surface area contributed by atoms with Crippen molar-refractivity contribution in [3.63, 3.8) is 0 Å². The highest BCUT2D eigenvalue weighted by Gasteiger charge is 2.50. The lowest BCUT2D eigenvalue weighted by molar-refractivity contribution is -0.150. The van der Waals surface area contributed by atoms with E-state index >= 15 is 0 Å². The summed E-state index contributed by atoms with van der Waals surface area (Å²) in [5.74, 6) is 1.50. The molecule has 5 rings (SSSR count). The Balaban J connectivity index is 1.18. The Labute approximate surface area is 205 Å².